The summed E-state index contributed by atoms with van der Waals surface area (Å²) in [6.45, 7) is 9.66. The maximum atomic E-state index is 9.29. The molecule has 0 bridgehead atoms. The molecule has 17 heavy (non-hydrogen) atoms. The van der Waals surface area contributed by atoms with Crippen molar-refractivity contribution in [2.45, 2.75) is 33.1 Å². The predicted octanol–water partition coefficient (Wildman–Crippen LogP) is 1.33. The molecule has 100 valence electrons. The molecule has 0 amide bonds. The van der Waals surface area contributed by atoms with E-state index in [1.54, 1.807) is 0 Å². The van der Waals surface area contributed by atoms with Crippen molar-refractivity contribution in [1.82, 2.24) is 10.2 Å². The number of aliphatic hydroxyl groups excluding tert-OH is 1. The molecule has 3 nitrogen and oxygen atoms in total. The third-order valence-electron chi connectivity index (χ3n) is 4.87. The Hall–Kier alpha value is -0.120. The fourth-order valence-electron chi connectivity index (χ4n) is 2.93. The van der Waals surface area contributed by atoms with Crippen molar-refractivity contribution in [3.63, 3.8) is 0 Å². The van der Waals surface area contributed by atoms with E-state index in [2.05, 4.69) is 31.1 Å². The van der Waals surface area contributed by atoms with Crippen LogP contribution in [0, 0.1) is 16.7 Å². The van der Waals surface area contributed by atoms with Crippen molar-refractivity contribution in [2.75, 3.05) is 39.8 Å². The molecule has 1 heterocycles. The number of likely N-dealkylation sites (tertiary alicyclic amines) is 1. The summed E-state index contributed by atoms with van der Waals surface area (Å²) in [5.41, 5.74) is 0.610. The van der Waals surface area contributed by atoms with Gasteiger partial charge >= 0.3 is 0 Å². The molecule has 1 saturated carbocycles. The average molecular weight is 240 g/mol. The molecule has 0 aromatic carbocycles. The van der Waals surface area contributed by atoms with Gasteiger partial charge in [-0.25, -0.2) is 0 Å². The Labute approximate surface area is 106 Å². The molecule has 3 heteroatoms. The van der Waals surface area contributed by atoms with Gasteiger partial charge in [-0.15, -0.1) is 0 Å². The van der Waals surface area contributed by atoms with Gasteiger partial charge in [-0.3, -0.25) is 0 Å². The second kappa shape index (κ2) is 4.87. The Balaban J connectivity index is 1.73. The lowest BCUT2D eigenvalue weighted by Gasteiger charge is -2.32. The molecular weight excluding hydrogens is 212 g/mol. The van der Waals surface area contributed by atoms with E-state index in [-0.39, 0.29) is 5.41 Å². The van der Waals surface area contributed by atoms with Gasteiger partial charge in [0.15, 0.2) is 0 Å². The fraction of sp³-hybridized carbons (Fsp3) is 1.00. The van der Waals surface area contributed by atoms with Gasteiger partial charge in [0.2, 0.25) is 0 Å². The van der Waals surface area contributed by atoms with E-state index < -0.39 is 0 Å². The van der Waals surface area contributed by atoms with Crippen LogP contribution in [0.5, 0.6) is 0 Å². The maximum Gasteiger partial charge on any atom is 0.0499 e. The first kappa shape index (κ1) is 13.3. The largest absolute Gasteiger partial charge is 0.396 e. The van der Waals surface area contributed by atoms with Crippen LogP contribution in [0.15, 0.2) is 0 Å². The van der Waals surface area contributed by atoms with Gasteiger partial charge in [-0.2, -0.15) is 0 Å². The smallest absolute Gasteiger partial charge is 0.0499 e. The lowest BCUT2D eigenvalue weighted by Crippen LogP contribution is -2.39. The third-order valence-corrected chi connectivity index (χ3v) is 4.87. The highest BCUT2D eigenvalue weighted by atomic mass is 16.3. The van der Waals surface area contributed by atoms with Crippen LogP contribution >= 0.6 is 0 Å². The van der Waals surface area contributed by atoms with Crippen LogP contribution < -0.4 is 5.32 Å². The van der Waals surface area contributed by atoms with Crippen molar-refractivity contribution in [1.29, 1.82) is 0 Å². The Bertz CT molecular complexity index is 261. The molecule has 0 radical (unpaired) electrons. The summed E-state index contributed by atoms with van der Waals surface area (Å²) in [5, 5.41) is 12.9. The molecule has 1 unspecified atom stereocenters. The van der Waals surface area contributed by atoms with Crippen LogP contribution in [0.4, 0.5) is 0 Å². The minimum Gasteiger partial charge on any atom is -0.396 e. The highest BCUT2D eigenvalue weighted by Gasteiger charge is 2.42. The topological polar surface area (TPSA) is 35.5 Å². The highest BCUT2D eigenvalue weighted by molar-refractivity contribution is 4.95. The van der Waals surface area contributed by atoms with Crippen molar-refractivity contribution in [2.24, 2.45) is 16.7 Å². The molecule has 0 spiro atoms. The molecule has 2 fully saturated rings. The third kappa shape index (κ3) is 3.21. The minimum atomic E-state index is 0.239. The summed E-state index contributed by atoms with van der Waals surface area (Å²) >= 11 is 0. The van der Waals surface area contributed by atoms with Gasteiger partial charge in [0.25, 0.3) is 0 Å². The van der Waals surface area contributed by atoms with Crippen molar-refractivity contribution >= 4 is 0 Å². The Kier molecular flexibility index (Phi) is 3.81. The molecule has 0 aromatic rings. The van der Waals surface area contributed by atoms with Gasteiger partial charge in [0, 0.05) is 31.7 Å². The number of hydrogen-bond donors (Lipinski definition) is 2. The van der Waals surface area contributed by atoms with Crippen molar-refractivity contribution in [3.8, 4) is 0 Å². The van der Waals surface area contributed by atoms with Crippen LogP contribution in [0.2, 0.25) is 0 Å². The molecule has 2 aliphatic rings. The Morgan fingerprint density at radius 2 is 2.12 bits per heavy atom. The first-order valence-corrected chi connectivity index (χ1v) is 6.98. The molecule has 0 aromatic heterocycles. The van der Waals surface area contributed by atoms with E-state index in [4.69, 9.17) is 0 Å². The molecule has 1 atom stereocenters. The van der Waals surface area contributed by atoms with Crippen LogP contribution in [-0.2, 0) is 0 Å². The number of rotatable bonds is 6. The van der Waals surface area contributed by atoms with Gasteiger partial charge in [0.1, 0.15) is 0 Å². The SMILES string of the molecule is CN1CCC(C(C)(C)CNCC2(CO)CC2)C1. The van der Waals surface area contributed by atoms with Crippen LogP contribution in [0.3, 0.4) is 0 Å². The summed E-state index contributed by atoms with van der Waals surface area (Å²) in [6, 6.07) is 0. The maximum absolute atomic E-state index is 9.29. The van der Waals surface area contributed by atoms with Gasteiger partial charge in [-0.05, 0) is 44.2 Å². The van der Waals surface area contributed by atoms with Crippen LogP contribution in [0.1, 0.15) is 33.1 Å². The first-order valence-electron chi connectivity index (χ1n) is 6.98. The lowest BCUT2D eigenvalue weighted by atomic mass is 9.78. The molecule has 2 N–H and O–H groups in total. The number of nitrogens with zero attached hydrogens (tertiary/aromatic N) is 1. The molecular formula is C14H28N2O. The predicted molar refractivity (Wildman–Crippen MR) is 71.0 cm³/mol. The van der Waals surface area contributed by atoms with Gasteiger partial charge in [0.05, 0.1) is 0 Å². The highest BCUT2D eigenvalue weighted by Crippen LogP contribution is 2.44. The normalized spacial score (nSPS) is 28.6. The van der Waals surface area contributed by atoms with E-state index in [0.717, 1.165) is 19.0 Å². The number of hydrogen-bond acceptors (Lipinski definition) is 3. The number of aliphatic hydroxyl groups is 1. The standard InChI is InChI=1S/C14H28N2O/c1-13(2,12-4-7-16(3)8-12)9-15-10-14(11-17)5-6-14/h12,15,17H,4-11H2,1-3H3. The fourth-order valence-corrected chi connectivity index (χ4v) is 2.93. The summed E-state index contributed by atoms with van der Waals surface area (Å²) < 4.78 is 0. The summed E-state index contributed by atoms with van der Waals surface area (Å²) in [7, 11) is 2.22. The second-order valence-electron chi connectivity index (χ2n) is 7.00. The average Bonchev–Trinajstić information content (AvgIpc) is 2.92. The Morgan fingerprint density at radius 3 is 2.59 bits per heavy atom. The minimum absolute atomic E-state index is 0.239. The van der Waals surface area contributed by atoms with E-state index in [1.165, 1.54) is 32.4 Å². The molecule has 1 saturated heterocycles. The van der Waals surface area contributed by atoms with Gasteiger partial charge < -0.3 is 15.3 Å². The van der Waals surface area contributed by atoms with E-state index >= 15 is 0 Å². The summed E-state index contributed by atoms with van der Waals surface area (Å²) in [5.74, 6) is 0.810. The van der Waals surface area contributed by atoms with Gasteiger partial charge in [-0.1, -0.05) is 13.8 Å². The lowest BCUT2D eigenvalue weighted by molar-refractivity contribution is 0.179. The van der Waals surface area contributed by atoms with Crippen molar-refractivity contribution < 1.29 is 5.11 Å². The van der Waals surface area contributed by atoms with E-state index in [1.807, 2.05) is 0 Å². The van der Waals surface area contributed by atoms with Crippen LogP contribution in [-0.4, -0.2) is 49.8 Å². The summed E-state index contributed by atoms with van der Waals surface area (Å²) in [6.07, 6.45) is 3.72. The van der Waals surface area contributed by atoms with E-state index in [9.17, 15) is 5.11 Å². The van der Waals surface area contributed by atoms with Crippen LogP contribution in [0.25, 0.3) is 0 Å². The molecule has 1 aliphatic heterocycles. The summed E-state index contributed by atoms with van der Waals surface area (Å²) in [4.78, 5) is 2.43. The quantitative estimate of drug-likeness (QED) is 0.735. The first-order chi connectivity index (χ1) is 7.97. The molecule has 2 rings (SSSR count). The molecule has 1 aliphatic carbocycles. The Morgan fingerprint density at radius 1 is 1.41 bits per heavy atom. The number of nitrogens with one attached hydrogen (secondary N) is 1. The zero-order valence-electron chi connectivity index (χ0n) is 11.6. The monoisotopic (exact) mass is 240 g/mol. The zero-order valence-corrected chi connectivity index (χ0v) is 11.6. The van der Waals surface area contributed by atoms with Crippen molar-refractivity contribution in [3.05, 3.63) is 0 Å². The van der Waals surface area contributed by atoms with E-state index in [0.29, 0.717) is 12.0 Å². The zero-order chi connectivity index (χ0) is 12.5. The second-order valence-corrected chi connectivity index (χ2v) is 7.00.